The lowest BCUT2D eigenvalue weighted by Gasteiger charge is -2.32. The Hall–Kier alpha value is -0.0800. The van der Waals surface area contributed by atoms with Gasteiger partial charge < -0.3 is 5.32 Å². The fourth-order valence-electron chi connectivity index (χ4n) is 2.81. The number of hydrogen-bond donors (Lipinski definition) is 1. The Balaban J connectivity index is 2.34. The summed E-state index contributed by atoms with van der Waals surface area (Å²) in [5, 5.41) is 3.62. The standard InChI is InChI=1S/C14H30N2/c1-5-13-8-7-9-16(13)14(6-2)11-15-10-12(3)4/h12-15H,5-11H2,1-4H3. The Morgan fingerprint density at radius 3 is 2.56 bits per heavy atom. The van der Waals surface area contributed by atoms with E-state index in [0.717, 1.165) is 24.5 Å². The molecule has 0 bridgehead atoms. The maximum absolute atomic E-state index is 3.62. The highest BCUT2D eigenvalue weighted by Gasteiger charge is 2.27. The van der Waals surface area contributed by atoms with Crippen LogP contribution in [-0.4, -0.2) is 36.6 Å². The third-order valence-corrected chi connectivity index (χ3v) is 3.77. The number of hydrogen-bond acceptors (Lipinski definition) is 2. The lowest BCUT2D eigenvalue weighted by Crippen LogP contribution is -2.45. The van der Waals surface area contributed by atoms with Crippen molar-refractivity contribution in [2.75, 3.05) is 19.6 Å². The molecule has 1 fully saturated rings. The van der Waals surface area contributed by atoms with Crippen molar-refractivity contribution in [1.29, 1.82) is 0 Å². The molecule has 1 aliphatic heterocycles. The van der Waals surface area contributed by atoms with Crippen molar-refractivity contribution >= 4 is 0 Å². The minimum atomic E-state index is 0.756. The quantitative estimate of drug-likeness (QED) is 0.718. The van der Waals surface area contributed by atoms with E-state index in [1.807, 2.05) is 0 Å². The van der Waals surface area contributed by atoms with Gasteiger partial charge in [-0.2, -0.15) is 0 Å². The second-order valence-electron chi connectivity index (χ2n) is 5.56. The maximum atomic E-state index is 3.62. The molecule has 0 aromatic heterocycles. The van der Waals surface area contributed by atoms with E-state index in [4.69, 9.17) is 0 Å². The molecule has 0 aliphatic carbocycles. The van der Waals surface area contributed by atoms with Crippen LogP contribution in [-0.2, 0) is 0 Å². The fourth-order valence-corrected chi connectivity index (χ4v) is 2.81. The number of nitrogens with one attached hydrogen (secondary N) is 1. The SMILES string of the molecule is CCC1CCCN1C(CC)CNCC(C)C. The van der Waals surface area contributed by atoms with E-state index in [0.29, 0.717) is 0 Å². The average Bonchev–Trinajstić information content (AvgIpc) is 2.72. The molecule has 0 radical (unpaired) electrons. The number of likely N-dealkylation sites (tertiary alicyclic amines) is 1. The van der Waals surface area contributed by atoms with Gasteiger partial charge >= 0.3 is 0 Å². The maximum Gasteiger partial charge on any atom is 0.0220 e. The van der Waals surface area contributed by atoms with Crippen molar-refractivity contribution in [2.24, 2.45) is 5.92 Å². The normalized spacial score (nSPS) is 24.2. The summed E-state index contributed by atoms with van der Waals surface area (Å²) < 4.78 is 0. The largest absolute Gasteiger partial charge is 0.315 e. The van der Waals surface area contributed by atoms with Gasteiger partial charge in [0.1, 0.15) is 0 Å². The molecular weight excluding hydrogens is 196 g/mol. The predicted molar refractivity (Wildman–Crippen MR) is 71.8 cm³/mol. The summed E-state index contributed by atoms with van der Waals surface area (Å²) in [6, 6.07) is 1.61. The van der Waals surface area contributed by atoms with Gasteiger partial charge in [-0.05, 0) is 44.7 Å². The van der Waals surface area contributed by atoms with Crippen molar-refractivity contribution in [3.63, 3.8) is 0 Å². The second-order valence-corrected chi connectivity index (χ2v) is 5.56. The molecule has 96 valence electrons. The Morgan fingerprint density at radius 2 is 2.00 bits per heavy atom. The van der Waals surface area contributed by atoms with Crippen molar-refractivity contribution in [3.05, 3.63) is 0 Å². The topological polar surface area (TPSA) is 15.3 Å². The van der Waals surface area contributed by atoms with Crippen LogP contribution >= 0.6 is 0 Å². The van der Waals surface area contributed by atoms with E-state index >= 15 is 0 Å². The third kappa shape index (κ3) is 4.06. The first-order valence-corrected chi connectivity index (χ1v) is 7.15. The van der Waals surface area contributed by atoms with Gasteiger partial charge in [-0.25, -0.2) is 0 Å². The Labute approximate surface area is 102 Å². The molecule has 2 atom stereocenters. The van der Waals surface area contributed by atoms with Crippen LogP contribution in [0, 0.1) is 5.92 Å². The van der Waals surface area contributed by atoms with E-state index in [2.05, 4.69) is 37.9 Å². The molecule has 2 unspecified atom stereocenters. The summed E-state index contributed by atoms with van der Waals surface area (Å²) in [5.41, 5.74) is 0. The number of nitrogens with zero attached hydrogens (tertiary/aromatic N) is 1. The zero-order valence-electron chi connectivity index (χ0n) is 11.6. The van der Waals surface area contributed by atoms with Crippen LogP contribution in [0.4, 0.5) is 0 Å². The van der Waals surface area contributed by atoms with Gasteiger partial charge in [0.25, 0.3) is 0 Å². The summed E-state index contributed by atoms with van der Waals surface area (Å²) >= 11 is 0. The predicted octanol–water partition coefficient (Wildman–Crippen LogP) is 2.89. The van der Waals surface area contributed by atoms with Crippen molar-refractivity contribution < 1.29 is 0 Å². The first-order chi connectivity index (χ1) is 7.69. The van der Waals surface area contributed by atoms with E-state index < -0.39 is 0 Å². The molecule has 1 saturated heterocycles. The highest BCUT2D eigenvalue weighted by atomic mass is 15.2. The molecule has 1 rings (SSSR count). The summed E-state index contributed by atoms with van der Waals surface area (Å²) in [4.78, 5) is 2.74. The molecular formula is C14H30N2. The monoisotopic (exact) mass is 226 g/mol. The van der Waals surface area contributed by atoms with Crippen molar-refractivity contribution in [3.8, 4) is 0 Å². The third-order valence-electron chi connectivity index (χ3n) is 3.77. The smallest absolute Gasteiger partial charge is 0.0220 e. The number of rotatable bonds is 7. The van der Waals surface area contributed by atoms with Crippen LogP contribution in [0.3, 0.4) is 0 Å². The lowest BCUT2D eigenvalue weighted by molar-refractivity contribution is 0.166. The van der Waals surface area contributed by atoms with Gasteiger partial charge in [0.05, 0.1) is 0 Å². The molecule has 1 heterocycles. The molecule has 2 heteroatoms. The van der Waals surface area contributed by atoms with Crippen molar-refractivity contribution in [1.82, 2.24) is 10.2 Å². The molecule has 16 heavy (non-hydrogen) atoms. The molecule has 0 saturated carbocycles. The Bertz CT molecular complexity index is 180. The van der Waals surface area contributed by atoms with Gasteiger partial charge in [-0.1, -0.05) is 27.7 Å². The highest BCUT2D eigenvalue weighted by Crippen LogP contribution is 2.23. The summed E-state index contributed by atoms with van der Waals surface area (Å²) in [6.07, 6.45) is 5.42. The fraction of sp³-hybridized carbons (Fsp3) is 1.00. The summed E-state index contributed by atoms with van der Waals surface area (Å²) in [6.45, 7) is 12.9. The van der Waals surface area contributed by atoms with Crippen LogP contribution in [0.15, 0.2) is 0 Å². The minimum Gasteiger partial charge on any atom is -0.315 e. The van der Waals surface area contributed by atoms with Crippen LogP contribution in [0.5, 0.6) is 0 Å². The Morgan fingerprint density at radius 1 is 1.25 bits per heavy atom. The van der Waals surface area contributed by atoms with Gasteiger partial charge in [-0.3, -0.25) is 4.90 Å². The second kappa shape index (κ2) is 7.29. The molecule has 1 N–H and O–H groups in total. The average molecular weight is 226 g/mol. The summed E-state index contributed by atoms with van der Waals surface area (Å²) in [7, 11) is 0. The van der Waals surface area contributed by atoms with Crippen LogP contribution in [0.2, 0.25) is 0 Å². The molecule has 0 amide bonds. The van der Waals surface area contributed by atoms with Gasteiger partial charge in [0.2, 0.25) is 0 Å². The van der Waals surface area contributed by atoms with Gasteiger partial charge in [0, 0.05) is 18.6 Å². The van der Waals surface area contributed by atoms with E-state index in [1.165, 1.54) is 38.8 Å². The minimum absolute atomic E-state index is 0.756. The summed E-state index contributed by atoms with van der Waals surface area (Å²) in [5.74, 6) is 0.762. The van der Waals surface area contributed by atoms with E-state index in [-0.39, 0.29) is 0 Å². The van der Waals surface area contributed by atoms with Crippen LogP contribution in [0.25, 0.3) is 0 Å². The van der Waals surface area contributed by atoms with E-state index in [1.54, 1.807) is 0 Å². The highest BCUT2D eigenvalue weighted by molar-refractivity contribution is 4.84. The van der Waals surface area contributed by atoms with Crippen LogP contribution < -0.4 is 5.32 Å². The zero-order chi connectivity index (χ0) is 12.0. The van der Waals surface area contributed by atoms with Crippen molar-refractivity contribution in [2.45, 2.75) is 65.5 Å². The first-order valence-electron chi connectivity index (χ1n) is 7.15. The van der Waals surface area contributed by atoms with Gasteiger partial charge in [0.15, 0.2) is 0 Å². The molecule has 0 aromatic rings. The molecule has 2 nitrogen and oxygen atoms in total. The Kier molecular flexibility index (Phi) is 6.37. The zero-order valence-corrected chi connectivity index (χ0v) is 11.6. The molecule has 0 aromatic carbocycles. The lowest BCUT2D eigenvalue weighted by atomic mass is 10.1. The van der Waals surface area contributed by atoms with Crippen LogP contribution in [0.1, 0.15) is 53.4 Å². The first kappa shape index (κ1) is 14.0. The van der Waals surface area contributed by atoms with E-state index in [9.17, 15) is 0 Å². The molecule has 0 spiro atoms. The van der Waals surface area contributed by atoms with Gasteiger partial charge in [-0.15, -0.1) is 0 Å². The molecule has 1 aliphatic rings.